The van der Waals surface area contributed by atoms with E-state index in [1.807, 2.05) is 4.90 Å². The van der Waals surface area contributed by atoms with Gasteiger partial charge in [-0.1, -0.05) is 11.2 Å². The predicted octanol–water partition coefficient (Wildman–Crippen LogP) is 4.51. The molecule has 32 heavy (non-hydrogen) atoms. The molecule has 0 unspecified atom stereocenters. The van der Waals surface area contributed by atoms with E-state index in [9.17, 15) is 18.0 Å². The van der Waals surface area contributed by atoms with Crippen molar-refractivity contribution in [3.05, 3.63) is 58.0 Å². The van der Waals surface area contributed by atoms with Crippen LogP contribution in [-0.2, 0) is 23.9 Å². The lowest BCUT2D eigenvalue weighted by molar-refractivity contribution is -0.137. The van der Waals surface area contributed by atoms with E-state index in [-0.39, 0.29) is 18.1 Å². The van der Waals surface area contributed by atoms with Crippen LogP contribution in [0.4, 0.5) is 19.0 Å². The molecule has 1 aliphatic rings. The molecule has 0 bridgehead atoms. The Morgan fingerprint density at radius 3 is 2.62 bits per heavy atom. The Kier molecular flexibility index (Phi) is 5.62. The van der Waals surface area contributed by atoms with Crippen molar-refractivity contribution in [1.82, 2.24) is 15.1 Å². The van der Waals surface area contributed by atoms with Gasteiger partial charge >= 0.3 is 12.1 Å². The first-order valence-corrected chi connectivity index (χ1v) is 10.1. The Labute approximate surface area is 182 Å². The maximum absolute atomic E-state index is 13.1. The summed E-state index contributed by atoms with van der Waals surface area (Å²) in [4.78, 5) is 23.4. The van der Waals surface area contributed by atoms with Crippen molar-refractivity contribution in [2.24, 2.45) is 0 Å². The topological polar surface area (TPSA) is 81.3 Å². The number of fused-ring (bicyclic) bond motifs is 1. The highest BCUT2D eigenvalue weighted by molar-refractivity contribution is 5.91. The number of hydrogen-bond donors (Lipinski definition) is 0. The summed E-state index contributed by atoms with van der Waals surface area (Å²) in [6.45, 7) is 6.13. The van der Waals surface area contributed by atoms with Crippen molar-refractivity contribution in [3.63, 3.8) is 0 Å². The van der Waals surface area contributed by atoms with Gasteiger partial charge in [0.2, 0.25) is 0 Å². The monoisotopic (exact) mass is 446 g/mol. The third-order valence-electron chi connectivity index (χ3n) is 5.29. The van der Waals surface area contributed by atoms with Crippen molar-refractivity contribution in [3.8, 4) is 11.5 Å². The molecule has 7 nitrogen and oxygen atoms in total. The van der Waals surface area contributed by atoms with Crippen LogP contribution in [0.2, 0.25) is 0 Å². The van der Waals surface area contributed by atoms with Crippen LogP contribution in [0.5, 0.6) is 0 Å². The summed E-state index contributed by atoms with van der Waals surface area (Å²) in [6, 6.07) is 5.44. The number of halogens is 3. The van der Waals surface area contributed by atoms with Gasteiger partial charge in [-0.15, -0.1) is 0 Å². The summed E-state index contributed by atoms with van der Waals surface area (Å²) < 4.78 is 49.4. The molecule has 0 atom stereocenters. The number of carbonyl (C=O) groups is 1. The zero-order valence-electron chi connectivity index (χ0n) is 17.8. The summed E-state index contributed by atoms with van der Waals surface area (Å²) in [7, 11) is 0. The van der Waals surface area contributed by atoms with Gasteiger partial charge in [0.15, 0.2) is 17.2 Å². The van der Waals surface area contributed by atoms with E-state index in [2.05, 4.69) is 15.1 Å². The number of aromatic nitrogens is 3. The SMILES string of the molecule is CCOC(=O)c1nc(-c2cc(C)on2)nc(N2CCc3cc(C(F)(F)F)ccc3C2)c1C. The van der Waals surface area contributed by atoms with E-state index in [4.69, 9.17) is 9.26 Å². The molecule has 168 valence electrons. The van der Waals surface area contributed by atoms with Crippen LogP contribution in [0.1, 0.15) is 45.4 Å². The van der Waals surface area contributed by atoms with Gasteiger partial charge in [-0.3, -0.25) is 0 Å². The molecule has 4 rings (SSSR count). The van der Waals surface area contributed by atoms with Crippen LogP contribution in [0.25, 0.3) is 11.5 Å². The minimum atomic E-state index is -4.38. The Bertz CT molecular complexity index is 1170. The van der Waals surface area contributed by atoms with E-state index in [0.717, 1.165) is 11.6 Å². The molecular formula is C22H21F3N4O3. The average Bonchev–Trinajstić information content (AvgIpc) is 3.19. The number of alkyl halides is 3. The van der Waals surface area contributed by atoms with Crippen LogP contribution < -0.4 is 4.90 Å². The van der Waals surface area contributed by atoms with Gasteiger partial charge in [0.05, 0.1) is 12.2 Å². The molecule has 1 aromatic carbocycles. The Balaban J connectivity index is 1.74. The number of carbonyl (C=O) groups excluding carboxylic acids is 1. The molecule has 0 radical (unpaired) electrons. The fourth-order valence-electron chi connectivity index (χ4n) is 3.71. The van der Waals surface area contributed by atoms with Crippen LogP contribution in [0, 0.1) is 13.8 Å². The van der Waals surface area contributed by atoms with Gasteiger partial charge in [-0.05, 0) is 50.5 Å². The highest BCUT2D eigenvalue weighted by Gasteiger charge is 2.32. The van der Waals surface area contributed by atoms with Gasteiger partial charge in [-0.25, -0.2) is 14.8 Å². The molecule has 1 aliphatic heterocycles. The zero-order valence-corrected chi connectivity index (χ0v) is 17.8. The number of aryl methyl sites for hydroxylation is 1. The second-order valence-corrected chi connectivity index (χ2v) is 7.54. The number of anilines is 1. The van der Waals surface area contributed by atoms with Crippen molar-refractivity contribution >= 4 is 11.8 Å². The molecule has 0 aliphatic carbocycles. The van der Waals surface area contributed by atoms with E-state index >= 15 is 0 Å². The van der Waals surface area contributed by atoms with Crippen molar-refractivity contribution < 1.29 is 27.2 Å². The van der Waals surface area contributed by atoms with E-state index in [0.29, 0.717) is 47.9 Å². The minimum absolute atomic E-state index is 0.116. The molecule has 2 aromatic heterocycles. The van der Waals surface area contributed by atoms with Crippen LogP contribution in [0.3, 0.4) is 0 Å². The maximum atomic E-state index is 13.1. The average molecular weight is 446 g/mol. The van der Waals surface area contributed by atoms with E-state index in [1.54, 1.807) is 26.8 Å². The second kappa shape index (κ2) is 8.25. The lowest BCUT2D eigenvalue weighted by Crippen LogP contribution is -2.32. The van der Waals surface area contributed by atoms with Crippen LogP contribution >= 0.6 is 0 Å². The first kappa shape index (κ1) is 21.8. The molecule has 3 aromatic rings. The summed E-state index contributed by atoms with van der Waals surface area (Å²) in [5, 5.41) is 3.94. The second-order valence-electron chi connectivity index (χ2n) is 7.54. The highest BCUT2D eigenvalue weighted by Crippen LogP contribution is 2.34. The maximum Gasteiger partial charge on any atom is 0.416 e. The lowest BCUT2D eigenvalue weighted by atomic mass is 9.96. The molecule has 10 heteroatoms. The van der Waals surface area contributed by atoms with Gasteiger partial charge in [0.1, 0.15) is 11.6 Å². The van der Waals surface area contributed by atoms with E-state index < -0.39 is 17.7 Å². The van der Waals surface area contributed by atoms with Crippen LogP contribution in [-0.4, -0.2) is 34.2 Å². The summed E-state index contributed by atoms with van der Waals surface area (Å²) in [5.74, 6) is 0.700. The quantitative estimate of drug-likeness (QED) is 0.546. The van der Waals surface area contributed by atoms with Gasteiger partial charge in [0, 0.05) is 24.7 Å². The standard InChI is InChI=1S/C22H21F3N4O3/c1-4-31-21(30)18-13(3)20(27-19(26-18)17-9-12(2)32-28-17)29-8-7-14-10-16(22(23,24)25)6-5-15(14)11-29/h5-6,9-10H,4,7-8,11H2,1-3H3. The molecule has 0 fully saturated rings. The Hall–Kier alpha value is -3.43. The van der Waals surface area contributed by atoms with Crippen LogP contribution in [0.15, 0.2) is 28.8 Å². The van der Waals surface area contributed by atoms with Gasteiger partial charge in [0.25, 0.3) is 0 Å². The van der Waals surface area contributed by atoms with Gasteiger partial charge in [-0.2, -0.15) is 13.2 Å². The molecule has 0 spiro atoms. The number of rotatable bonds is 4. The summed E-state index contributed by atoms with van der Waals surface area (Å²) >= 11 is 0. The van der Waals surface area contributed by atoms with Gasteiger partial charge < -0.3 is 14.2 Å². The first-order valence-electron chi connectivity index (χ1n) is 10.1. The number of nitrogens with zero attached hydrogens (tertiary/aromatic N) is 4. The Morgan fingerprint density at radius 2 is 1.97 bits per heavy atom. The molecule has 0 saturated heterocycles. The molecule has 3 heterocycles. The number of benzene rings is 1. The fraction of sp³-hybridized carbons (Fsp3) is 0.364. The Morgan fingerprint density at radius 1 is 1.19 bits per heavy atom. The third-order valence-corrected chi connectivity index (χ3v) is 5.29. The zero-order chi connectivity index (χ0) is 23.0. The first-order chi connectivity index (χ1) is 15.2. The van der Waals surface area contributed by atoms with Crippen molar-refractivity contribution in [1.29, 1.82) is 0 Å². The normalized spacial score (nSPS) is 13.8. The van der Waals surface area contributed by atoms with Crippen molar-refractivity contribution in [2.75, 3.05) is 18.1 Å². The molecule has 0 N–H and O–H groups in total. The fourth-order valence-corrected chi connectivity index (χ4v) is 3.71. The number of ether oxygens (including phenoxy) is 1. The third kappa shape index (κ3) is 4.17. The highest BCUT2D eigenvalue weighted by atomic mass is 19.4. The van der Waals surface area contributed by atoms with Crippen molar-refractivity contribution in [2.45, 2.75) is 39.9 Å². The van der Waals surface area contributed by atoms with E-state index in [1.165, 1.54) is 12.1 Å². The summed E-state index contributed by atoms with van der Waals surface area (Å²) in [5.41, 5.74) is 1.80. The minimum Gasteiger partial charge on any atom is -0.461 e. The molecular weight excluding hydrogens is 425 g/mol. The molecule has 0 saturated carbocycles. The predicted molar refractivity (Wildman–Crippen MR) is 109 cm³/mol. The number of hydrogen-bond acceptors (Lipinski definition) is 7. The largest absolute Gasteiger partial charge is 0.461 e. The summed E-state index contributed by atoms with van der Waals surface area (Å²) in [6.07, 6.45) is -3.97. The number of esters is 1. The lowest BCUT2D eigenvalue weighted by Gasteiger charge is -2.31. The molecule has 0 amide bonds. The smallest absolute Gasteiger partial charge is 0.416 e.